The van der Waals surface area contributed by atoms with Crippen molar-refractivity contribution in [3.63, 3.8) is 0 Å². The van der Waals surface area contributed by atoms with Gasteiger partial charge in [0.05, 0.1) is 30.1 Å². The number of benzene rings is 1. The van der Waals surface area contributed by atoms with Crippen LogP contribution in [0.2, 0.25) is 0 Å². The second-order valence-electron chi connectivity index (χ2n) is 12.9. The Labute approximate surface area is 248 Å². The van der Waals surface area contributed by atoms with Gasteiger partial charge in [-0.15, -0.1) is 0 Å². The zero-order chi connectivity index (χ0) is 30.6. The maximum Gasteiger partial charge on any atom is 0.309 e. The van der Waals surface area contributed by atoms with Crippen LogP contribution in [0.4, 0.5) is 0 Å². The van der Waals surface area contributed by atoms with Crippen LogP contribution >= 0.6 is 0 Å². The molecule has 6 rings (SSSR count). The van der Waals surface area contributed by atoms with Crippen LogP contribution in [0.3, 0.4) is 0 Å². The predicted octanol–water partition coefficient (Wildman–Crippen LogP) is 1.93. The topological polar surface area (TPSA) is 187 Å². The summed E-state index contributed by atoms with van der Waals surface area (Å²) in [6, 6.07) is 4.53. The molecule has 230 valence electrons. The monoisotopic (exact) mass is 595 g/mol. The highest BCUT2D eigenvalue weighted by Crippen LogP contribution is 2.55. The van der Waals surface area contributed by atoms with Gasteiger partial charge in [-0.25, -0.2) is 0 Å². The number of rotatable bonds is 6. The van der Waals surface area contributed by atoms with Gasteiger partial charge in [0, 0.05) is 24.2 Å². The largest absolute Gasteiger partial charge is 0.507 e. The average Bonchev–Trinajstić information content (AvgIpc) is 3.50. The van der Waals surface area contributed by atoms with Crippen molar-refractivity contribution in [2.24, 2.45) is 35.3 Å². The number of ketones is 4. The number of carbonyl (C=O) groups is 6. The van der Waals surface area contributed by atoms with Crippen molar-refractivity contribution < 1.29 is 48.5 Å². The van der Waals surface area contributed by atoms with Crippen molar-refractivity contribution >= 4 is 35.0 Å². The number of phenolic OH excluding ortho intramolecular Hbond substituents is 1. The van der Waals surface area contributed by atoms with Crippen molar-refractivity contribution in [1.82, 2.24) is 0 Å². The van der Waals surface area contributed by atoms with Gasteiger partial charge in [0.15, 0.2) is 34.7 Å². The van der Waals surface area contributed by atoms with Gasteiger partial charge < -0.3 is 25.4 Å². The molecule has 0 aliphatic heterocycles. The molecule has 0 spiro atoms. The van der Waals surface area contributed by atoms with Gasteiger partial charge >= 0.3 is 5.97 Å². The summed E-state index contributed by atoms with van der Waals surface area (Å²) in [6.07, 6.45) is 5.38. The van der Waals surface area contributed by atoms with Crippen LogP contribution in [0.25, 0.3) is 0 Å². The van der Waals surface area contributed by atoms with E-state index in [0.717, 1.165) is 44.9 Å². The number of ether oxygens (including phenoxy) is 2. The molecule has 1 aromatic rings. The highest BCUT2D eigenvalue weighted by molar-refractivity contribution is 6.31. The van der Waals surface area contributed by atoms with E-state index in [0.29, 0.717) is 18.4 Å². The first-order valence-electron chi connectivity index (χ1n) is 15.4. The molecule has 4 fully saturated rings. The number of nitrogens with two attached hydrogens (primary N) is 1. The molecule has 1 amide bonds. The Bertz CT molecular complexity index is 1380. The summed E-state index contributed by atoms with van der Waals surface area (Å²) in [5.74, 6) is -14.1. The molecule has 11 nitrogen and oxygen atoms in total. The molecule has 1 aromatic carbocycles. The molecular formula is C32H37NO10. The van der Waals surface area contributed by atoms with E-state index < -0.39 is 88.6 Å². The first kappa shape index (κ1) is 29.6. The number of hydrogen-bond acceptors (Lipinski definition) is 10. The van der Waals surface area contributed by atoms with Crippen molar-refractivity contribution in [2.45, 2.75) is 87.9 Å². The number of Topliss-reactive ketones (excluding diaryl/α,β-unsaturated/α-hetero) is 4. The fraction of sp³-hybridized carbons (Fsp3) is 0.625. The third-order valence-corrected chi connectivity index (χ3v) is 10.5. The summed E-state index contributed by atoms with van der Waals surface area (Å²) in [4.78, 5) is 80.8. The summed E-state index contributed by atoms with van der Waals surface area (Å²) >= 11 is 0. The van der Waals surface area contributed by atoms with Crippen LogP contribution in [0.1, 0.15) is 86.0 Å². The third kappa shape index (κ3) is 4.71. The molecule has 0 aromatic heterocycles. The number of aliphatic hydroxyl groups is 1. The van der Waals surface area contributed by atoms with E-state index in [-0.39, 0.29) is 24.0 Å². The normalized spacial score (nSPS) is 34.8. The lowest BCUT2D eigenvalue weighted by atomic mass is 9.50. The van der Waals surface area contributed by atoms with Crippen LogP contribution in [0.5, 0.6) is 5.75 Å². The molecule has 7 atom stereocenters. The van der Waals surface area contributed by atoms with E-state index >= 15 is 0 Å². The zero-order valence-corrected chi connectivity index (χ0v) is 23.9. The Morgan fingerprint density at radius 2 is 1.63 bits per heavy atom. The molecular weight excluding hydrogens is 558 g/mol. The smallest absolute Gasteiger partial charge is 0.309 e. The van der Waals surface area contributed by atoms with Gasteiger partial charge in [-0.1, -0.05) is 44.2 Å². The van der Waals surface area contributed by atoms with Gasteiger partial charge in [-0.3, -0.25) is 28.8 Å². The minimum Gasteiger partial charge on any atom is -0.507 e. The van der Waals surface area contributed by atoms with E-state index in [4.69, 9.17) is 15.2 Å². The van der Waals surface area contributed by atoms with Gasteiger partial charge in [0.1, 0.15) is 11.9 Å². The standard InChI is InChI=1S/C32H37NO10/c33-30(39)24-21(35)13-19-27(43-31(40)15-7-2-1-3-8-15)23-18(14-42-16-9-4-5-10-16)17-11-6-12-20(34)22(17)26(36)25(23)29(38)32(19,41)28(24)37/h6,11-12,15-16,18-19,23-25,27,34,41H,1-5,7-10,13-14H2,(H2,33,39)/t18-,19+,23+,24?,25?,27+,32+/m0/s1. The van der Waals surface area contributed by atoms with E-state index in [1.165, 1.54) is 6.07 Å². The van der Waals surface area contributed by atoms with Crippen molar-refractivity contribution in [3.8, 4) is 5.75 Å². The molecule has 4 saturated carbocycles. The minimum atomic E-state index is -2.97. The number of aromatic hydroxyl groups is 1. The van der Waals surface area contributed by atoms with E-state index in [1.807, 2.05) is 0 Å². The summed E-state index contributed by atoms with van der Waals surface area (Å²) in [6.45, 7) is 0.0251. The van der Waals surface area contributed by atoms with Crippen LogP contribution < -0.4 is 5.73 Å². The minimum absolute atomic E-state index is 0.0251. The lowest BCUT2D eigenvalue weighted by molar-refractivity contribution is -0.201. The maximum atomic E-state index is 14.3. The fourth-order valence-electron chi connectivity index (χ4n) is 8.32. The highest BCUT2D eigenvalue weighted by Gasteiger charge is 2.71. The third-order valence-electron chi connectivity index (χ3n) is 10.5. The molecule has 43 heavy (non-hydrogen) atoms. The quantitative estimate of drug-likeness (QED) is 0.324. The Kier molecular flexibility index (Phi) is 7.75. The molecule has 0 heterocycles. The maximum absolute atomic E-state index is 14.3. The number of esters is 1. The second kappa shape index (κ2) is 11.2. The summed E-state index contributed by atoms with van der Waals surface area (Å²) < 4.78 is 12.4. The number of amides is 1. The van der Waals surface area contributed by atoms with Crippen molar-refractivity contribution in [2.75, 3.05) is 6.61 Å². The first-order valence-corrected chi connectivity index (χ1v) is 15.4. The number of hydrogen-bond donors (Lipinski definition) is 3. The average molecular weight is 596 g/mol. The summed E-state index contributed by atoms with van der Waals surface area (Å²) in [7, 11) is 0. The van der Waals surface area contributed by atoms with Gasteiger partial charge in [0.2, 0.25) is 5.91 Å². The Hall–Kier alpha value is -3.44. The van der Waals surface area contributed by atoms with Crippen LogP contribution in [0.15, 0.2) is 18.2 Å². The summed E-state index contributed by atoms with van der Waals surface area (Å²) in [5, 5.41) is 22.7. The fourth-order valence-corrected chi connectivity index (χ4v) is 8.32. The molecule has 4 N–H and O–H groups in total. The summed E-state index contributed by atoms with van der Waals surface area (Å²) in [5.41, 5.74) is 2.66. The van der Waals surface area contributed by atoms with Gasteiger partial charge in [-0.2, -0.15) is 0 Å². The van der Waals surface area contributed by atoms with Crippen molar-refractivity contribution in [3.05, 3.63) is 29.3 Å². The lowest BCUT2D eigenvalue weighted by Gasteiger charge is -2.54. The lowest BCUT2D eigenvalue weighted by Crippen LogP contribution is -2.73. The SMILES string of the molecule is NC(=O)C1C(=O)C[C@@H]2[C@@H](OC(=O)C3CCCCC3)[C@H]3C(C(=O)c4c(O)cccc4[C@@H]3COC3CCCC3)C(=O)[C@]2(O)C1=O. The molecule has 2 unspecified atom stereocenters. The predicted molar refractivity (Wildman–Crippen MR) is 148 cm³/mol. The number of fused-ring (bicyclic) bond motifs is 3. The Balaban J connectivity index is 1.49. The Morgan fingerprint density at radius 3 is 2.30 bits per heavy atom. The Morgan fingerprint density at radius 1 is 0.953 bits per heavy atom. The van der Waals surface area contributed by atoms with Gasteiger partial charge in [-0.05, 0) is 37.3 Å². The molecule has 0 radical (unpaired) electrons. The second-order valence-corrected chi connectivity index (χ2v) is 12.9. The highest BCUT2D eigenvalue weighted by atomic mass is 16.5. The van der Waals surface area contributed by atoms with E-state index in [9.17, 15) is 39.0 Å². The molecule has 5 aliphatic rings. The molecule has 5 aliphatic carbocycles. The number of primary amides is 1. The van der Waals surface area contributed by atoms with Crippen LogP contribution in [0, 0.1) is 29.6 Å². The molecule has 11 heteroatoms. The molecule has 0 bridgehead atoms. The number of carbonyl (C=O) groups excluding carboxylic acids is 6. The van der Waals surface area contributed by atoms with Crippen LogP contribution in [-0.2, 0) is 33.4 Å². The van der Waals surface area contributed by atoms with Gasteiger partial charge in [0.25, 0.3) is 0 Å². The van der Waals surface area contributed by atoms with Crippen molar-refractivity contribution in [1.29, 1.82) is 0 Å². The van der Waals surface area contributed by atoms with Crippen LogP contribution in [-0.4, -0.2) is 69.6 Å². The zero-order valence-electron chi connectivity index (χ0n) is 23.9. The first-order chi connectivity index (χ1) is 20.6. The number of phenols is 1. The molecule has 0 saturated heterocycles. The van der Waals surface area contributed by atoms with E-state index in [1.54, 1.807) is 12.1 Å². The van der Waals surface area contributed by atoms with E-state index in [2.05, 4.69) is 0 Å².